The summed E-state index contributed by atoms with van der Waals surface area (Å²) in [5.41, 5.74) is 2.19. The Morgan fingerprint density at radius 2 is 2.43 bits per heavy atom. The van der Waals surface area contributed by atoms with Crippen molar-refractivity contribution in [2.45, 2.75) is 5.03 Å². The van der Waals surface area contributed by atoms with Crippen LogP contribution in [-0.4, -0.2) is 11.2 Å². The number of aromatic nitrogens is 2. The predicted octanol–water partition coefficient (Wildman–Crippen LogP) is 2.49. The molecular formula is C10H11N2S2+. The summed E-state index contributed by atoms with van der Waals surface area (Å²) < 4.78 is 3.30. The van der Waals surface area contributed by atoms with E-state index in [-0.39, 0.29) is 0 Å². The van der Waals surface area contributed by atoms with Crippen molar-refractivity contribution in [1.82, 2.24) is 4.98 Å². The second-order valence-electron chi connectivity index (χ2n) is 2.94. The number of fused-ring (bicyclic) bond motifs is 1. The second kappa shape index (κ2) is 3.71. The molecule has 0 unspecified atom stereocenters. The maximum absolute atomic E-state index is 4.41. The average molecular weight is 223 g/mol. The molecule has 0 aliphatic heterocycles. The molecule has 0 aromatic carbocycles. The van der Waals surface area contributed by atoms with Crippen molar-refractivity contribution in [2.24, 2.45) is 7.05 Å². The van der Waals surface area contributed by atoms with Crippen LogP contribution in [0.2, 0.25) is 0 Å². The van der Waals surface area contributed by atoms with Gasteiger partial charge in [-0.3, -0.25) is 0 Å². The summed E-state index contributed by atoms with van der Waals surface area (Å²) in [6, 6.07) is 0. The van der Waals surface area contributed by atoms with E-state index in [4.69, 9.17) is 0 Å². The second-order valence-corrected chi connectivity index (χ2v) is 4.61. The molecule has 0 radical (unpaired) electrons. The first-order chi connectivity index (χ1) is 6.77. The highest BCUT2D eigenvalue weighted by Gasteiger charge is 2.15. The van der Waals surface area contributed by atoms with Gasteiger partial charge in [-0.05, 0) is 11.2 Å². The number of thiophene rings is 1. The van der Waals surface area contributed by atoms with Crippen LogP contribution in [0.1, 0.15) is 5.56 Å². The molecule has 0 aliphatic carbocycles. The zero-order valence-corrected chi connectivity index (χ0v) is 9.78. The van der Waals surface area contributed by atoms with Gasteiger partial charge in [-0.2, -0.15) is 0 Å². The Morgan fingerprint density at radius 3 is 3.07 bits per heavy atom. The molecule has 2 rings (SSSR count). The van der Waals surface area contributed by atoms with Gasteiger partial charge >= 0.3 is 0 Å². The zero-order valence-electron chi connectivity index (χ0n) is 8.15. The van der Waals surface area contributed by atoms with Crippen molar-refractivity contribution < 1.29 is 4.57 Å². The van der Waals surface area contributed by atoms with Gasteiger partial charge in [-0.15, -0.1) is 11.3 Å². The lowest BCUT2D eigenvalue weighted by Gasteiger charge is -1.97. The molecule has 0 saturated carbocycles. The third kappa shape index (κ3) is 1.35. The number of aryl methyl sites for hydroxylation is 1. The van der Waals surface area contributed by atoms with Crippen molar-refractivity contribution >= 4 is 39.4 Å². The Balaban J connectivity index is 2.83. The Labute approximate surface area is 91.3 Å². The fraction of sp³-hybridized carbons (Fsp3) is 0.200. The maximum atomic E-state index is 4.41. The number of nitrogens with zero attached hydrogens (tertiary/aromatic N) is 2. The highest BCUT2D eigenvalue weighted by molar-refractivity contribution is 7.98. The Bertz CT molecular complexity index is 488. The molecule has 4 heteroatoms. The lowest BCUT2D eigenvalue weighted by Crippen LogP contribution is -2.30. The first kappa shape index (κ1) is 9.68. The predicted molar refractivity (Wildman–Crippen MR) is 62.7 cm³/mol. The molecular weight excluding hydrogens is 212 g/mol. The SMILES string of the molecule is C=Cc1csc2c(SC)[n+](C)cnc12. The van der Waals surface area contributed by atoms with Crippen LogP contribution in [0.25, 0.3) is 16.3 Å². The van der Waals surface area contributed by atoms with Crippen molar-refractivity contribution in [3.63, 3.8) is 0 Å². The van der Waals surface area contributed by atoms with Crippen molar-refractivity contribution in [1.29, 1.82) is 0 Å². The van der Waals surface area contributed by atoms with Crippen molar-refractivity contribution in [3.8, 4) is 0 Å². The van der Waals surface area contributed by atoms with Gasteiger partial charge in [-0.25, -0.2) is 4.57 Å². The fourth-order valence-corrected chi connectivity index (χ4v) is 3.38. The van der Waals surface area contributed by atoms with Crippen LogP contribution >= 0.6 is 23.1 Å². The summed E-state index contributed by atoms with van der Waals surface area (Å²) in [6.45, 7) is 3.78. The molecule has 2 aromatic rings. The molecule has 0 saturated heterocycles. The molecule has 2 aromatic heterocycles. The van der Waals surface area contributed by atoms with E-state index in [1.807, 2.05) is 19.5 Å². The number of hydrogen-bond acceptors (Lipinski definition) is 3. The van der Waals surface area contributed by atoms with E-state index in [1.165, 1.54) is 9.73 Å². The zero-order chi connectivity index (χ0) is 10.1. The van der Waals surface area contributed by atoms with E-state index in [0.717, 1.165) is 11.1 Å². The minimum atomic E-state index is 1.06. The maximum Gasteiger partial charge on any atom is 0.287 e. The normalized spacial score (nSPS) is 10.7. The lowest BCUT2D eigenvalue weighted by atomic mass is 10.3. The quantitative estimate of drug-likeness (QED) is 0.442. The minimum absolute atomic E-state index is 1.06. The standard InChI is InChI=1S/C10H11N2S2/c1-4-7-5-14-9-8(7)11-6-12(2)10(9)13-3/h4-6H,1H2,2-3H3/q+1. The van der Waals surface area contributed by atoms with Crippen LogP contribution in [0, 0.1) is 0 Å². The van der Waals surface area contributed by atoms with E-state index in [0.29, 0.717) is 0 Å². The van der Waals surface area contributed by atoms with E-state index in [2.05, 4.69) is 27.8 Å². The summed E-state index contributed by atoms with van der Waals surface area (Å²) in [5.74, 6) is 0. The van der Waals surface area contributed by atoms with E-state index in [9.17, 15) is 0 Å². The summed E-state index contributed by atoms with van der Waals surface area (Å²) in [6.07, 6.45) is 5.80. The molecule has 0 aliphatic rings. The van der Waals surface area contributed by atoms with Gasteiger partial charge in [0, 0.05) is 10.9 Å². The fourth-order valence-electron chi connectivity index (χ4n) is 1.39. The van der Waals surface area contributed by atoms with Crippen molar-refractivity contribution in [2.75, 3.05) is 6.26 Å². The van der Waals surface area contributed by atoms with E-state index in [1.54, 1.807) is 23.1 Å². The summed E-state index contributed by atoms with van der Waals surface area (Å²) in [7, 11) is 2.02. The Morgan fingerprint density at radius 1 is 1.64 bits per heavy atom. The summed E-state index contributed by atoms with van der Waals surface area (Å²) in [4.78, 5) is 4.41. The minimum Gasteiger partial charge on any atom is -0.226 e. The Hall–Kier alpha value is -0.870. The monoisotopic (exact) mass is 223 g/mol. The molecule has 14 heavy (non-hydrogen) atoms. The summed E-state index contributed by atoms with van der Waals surface area (Å²) >= 11 is 3.48. The molecule has 0 amide bonds. The van der Waals surface area contributed by atoms with E-state index < -0.39 is 0 Å². The van der Waals surface area contributed by atoms with Gasteiger partial charge < -0.3 is 0 Å². The highest BCUT2D eigenvalue weighted by Crippen LogP contribution is 2.29. The number of hydrogen-bond donors (Lipinski definition) is 0. The van der Waals surface area contributed by atoms with Gasteiger partial charge in [-0.1, -0.05) is 24.4 Å². The van der Waals surface area contributed by atoms with Gasteiger partial charge in [0.25, 0.3) is 6.33 Å². The van der Waals surface area contributed by atoms with Crippen LogP contribution in [0.5, 0.6) is 0 Å². The average Bonchev–Trinajstić information content (AvgIpc) is 2.60. The van der Waals surface area contributed by atoms with Gasteiger partial charge in [0.1, 0.15) is 4.70 Å². The van der Waals surface area contributed by atoms with Crippen LogP contribution in [0.4, 0.5) is 0 Å². The van der Waals surface area contributed by atoms with Gasteiger partial charge in [0.2, 0.25) is 5.52 Å². The van der Waals surface area contributed by atoms with Gasteiger partial charge in [0.05, 0.1) is 7.05 Å². The van der Waals surface area contributed by atoms with E-state index >= 15 is 0 Å². The largest absolute Gasteiger partial charge is 0.287 e. The van der Waals surface area contributed by atoms with Gasteiger partial charge in [0.15, 0.2) is 5.03 Å². The molecule has 72 valence electrons. The lowest BCUT2D eigenvalue weighted by molar-refractivity contribution is -0.709. The molecule has 0 bridgehead atoms. The highest BCUT2D eigenvalue weighted by atomic mass is 32.2. The molecule has 2 heterocycles. The molecule has 2 nitrogen and oxygen atoms in total. The van der Waals surface area contributed by atoms with Crippen LogP contribution < -0.4 is 4.57 Å². The third-order valence-electron chi connectivity index (χ3n) is 2.08. The molecule has 0 N–H and O–H groups in total. The van der Waals surface area contributed by atoms with Crippen LogP contribution in [0.3, 0.4) is 0 Å². The number of rotatable bonds is 2. The smallest absolute Gasteiger partial charge is 0.226 e. The van der Waals surface area contributed by atoms with Crippen molar-refractivity contribution in [3.05, 3.63) is 23.8 Å². The first-order valence-corrected chi connectivity index (χ1v) is 6.30. The topological polar surface area (TPSA) is 16.8 Å². The molecule has 0 atom stereocenters. The van der Waals surface area contributed by atoms with Crippen LogP contribution in [0.15, 0.2) is 23.3 Å². The van der Waals surface area contributed by atoms with Crippen LogP contribution in [-0.2, 0) is 7.05 Å². The molecule has 0 spiro atoms. The number of thioether (sulfide) groups is 1. The third-order valence-corrected chi connectivity index (χ3v) is 4.08. The Kier molecular flexibility index (Phi) is 2.56. The summed E-state index contributed by atoms with van der Waals surface area (Å²) in [5, 5.41) is 3.36. The first-order valence-electron chi connectivity index (χ1n) is 4.20. The molecule has 0 fully saturated rings.